The molecule has 1 amide bonds. The Kier molecular flexibility index (Phi) is 5.68. The van der Waals surface area contributed by atoms with Crippen LogP contribution < -0.4 is 10.6 Å². The van der Waals surface area contributed by atoms with Gasteiger partial charge in [-0.2, -0.15) is 0 Å². The van der Waals surface area contributed by atoms with Gasteiger partial charge < -0.3 is 10.6 Å². The van der Waals surface area contributed by atoms with E-state index in [1.54, 1.807) is 6.07 Å². The number of nitrogens with one attached hydrogen (secondary N) is 2. The van der Waals surface area contributed by atoms with Gasteiger partial charge in [0, 0.05) is 12.2 Å². The van der Waals surface area contributed by atoms with Crippen LogP contribution in [0.25, 0.3) is 0 Å². The summed E-state index contributed by atoms with van der Waals surface area (Å²) in [4.78, 5) is 20.9. The van der Waals surface area contributed by atoms with Crippen molar-refractivity contribution in [3.05, 3.63) is 53.3 Å². The number of rotatable bonds is 6. The van der Waals surface area contributed by atoms with Gasteiger partial charge in [0.2, 0.25) is 5.95 Å². The van der Waals surface area contributed by atoms with E-state index in [1.807, 2.05) is 44.2 Å². The molecule has 1 aromatic carbocycles. The van der Waals surface area contributed by atoms with Crippen LogP contribution in [0.2, 0.25) is 0 Å². The van der Waals surface area contributed by atoms with Crippen molar-refractivity contribution in [2.45, 2.75) is 33.7 Å². The van der Waals surface area contributed by atoms with E-state index in [1.165, 1.54) is 0 Å². The Morgan fingerprint density at radius 2 is 1.83 bits per heavy atom. The first kappa shape index (κ1) is 16.9. The van der Waals surface area contributed by atoms with Gasteiger partial charge in [-0.25, -0.2) is 9.97 Å². The second-order valence-electron chi connectivity index (χ2n) is 6.10. The van der Waals surface area contributed by atoms with Crippen molar-refractivity contribution in [1.82, 2.24) is 15.3 Å². The molecule has 0 aliphatic rings. The van der Waals surface area contributed by atoms with Crippen LogP contribution in [-0.4, -0.2) is 22.4 Å². The van der Waals surface area contributed by atoms with E-state index in [2.05, 4.69) is 34.4 Å². The SMILES string of the molecule is Cc1cc(C(=O)NCC(C)C)nc(NC(C)c2ccccc2)n1. The molecule has 0 radical (unpaired) electrons. The van der Waals surface area contributed by atoms with Crippen molar-refractivity contribution in [1.29, 1.82) is 0 Å². The third-order valence-corrected chi connectivity index (χ3v) is 3.40. The summed E-state index contributed by atoms with van der Waals surface area (Å²) in [6.45, 7) is 8.64. The van der Waals surface area contributed by atoms with Crippen LogP contribution in [0.15, 0.2) is 36.4 Å². The van der Waals surface area contributed by atoms with Gasteiger partial charge in [-0.05, 0) is 31.4 Å². The second-order valence-corrected chi connectivity index (χ2v) is 6.10. The Labute approximate surface area is 137 Å². The van der Waals surface area contributed by atoms with Crippen LogP contribution in [0.4, 0.5) is 5.95 Å². The molecule has 5 nitrogen and oxygen atoms in total. The number of amides is 1. The molecule has 0 aliphatic carbocycles. The zero-order valence-corrected chi connectivity index (χ0v) is 14.1. The molecule has 2 rings (SSSR count). The van der Waals surface area contributed by atoms with Gasteiger partial charge in [-0.15, -0.1) is 0 Å². The highest BCUT2D eigenvalue weighted by atomic mass is 16.1. The largest absolute Gasteiger partial charge is 0.350 e. The third kappa shape index (κ3) is 5.06. The summed E-state index contributed by atoms with van der Waals surface area (Å²) in [7, 11) is 0. The van der Waals surface area contributed by atoms with Crippen LogP contribution >= 0.6 is 0 Å². The maximum absolute atomic E-state index is 12.2. The molecule has 0 fully saturated rings. The smallest absolute Gasteiger partial charge is 0.270 e. The average molecular weight is 312 g/mol. The first-order chi connectivity index (χ1) is 11.0. The van der Waals surface area contributed by atoms with Crippen molar-refractivity contribution in [2.24, 2.45) is 5.92 Å². The van der Waals surface area contributed by atoms with Crippen LogP contribution in [-0.2, 0) is 0 Å². The van der Waals surface area contributed by atoms with Crippen LogP contribution in [0.5, 0.6) is 0 Å². The number of benzene rings is 1. The Balaban J connectivity index is 2.12. The Bertz CT molecular complexity index is 655. The lowest BCUT2D eigenvalue weighted by Crippen LogP contribution is -2.28. The summed E-state index contributed by atoms with van der Waals surface area (Å²) in [6.07, 6.45) is 0. The number of aromatic nitrogens is 2. The first-order valence-electron chi connectivity index (χ1n) is 7.91. The Hall–Kier alpha value is -2.43. The summed E-state index contributed by atoms with van der Waals surface area (Å²) in [5, 5.41) is 6.14. The molecule has 1 unspecified atom stereocenters. The summed E-state index contributed by atoms with van der Waals surface area (Å²) in [5.74, 6) is 0.702. The summed E-state index contributed by atoms with van der Waals surface area (Å²) in [5.41, 5.74) is 2.29. The predicted octanol–water partition coefficient (Wildman–Crippen LogP) is 3.34. The van der Waals surface area contributed by atoms with Gasteiger partial charge in [0.15, 0.2) is 0 Å². The Morgan fingerprint density at radius 1 is 1.13 bits per heavy atom. The van der Waals surface area contributed by atoms with E-state index < -0.39 is 0 Å². The lowest BCUT2D eigenvalue weighted by molar-refractivity contribution is 0.0944. The van der Waals surface area contributed by atoms with Crippen molar-refractivity contribution in [3.63, 3.8) is 0 Å². The lowest BCUT2D eigenvalue weighted by atomic mass is 10.1. The van der Waals surface area contributed by atoms with Crippen molar-refractivity contribution < 1.29 is 4.79 Å². The highest BCUT2D eigenvalue weighted by molar-refractivity contribution is 5.92. The molecular formula is C18H24N4O. The van der Waals surface area contributed by atoms with Gasteiger partial charge >= 0.3 is 0 Å². The number of nitrogens with zero attached hydrogens (tertiary/aromatic N) is 2. The normalized spacial score (nSPS) is 12.0. The molecule has 0 aliphatic heterocycles. The molecule has 2 N–H and O–H groups in total. The highest BCUT2D eigenvalue weighted by Crippen LogP contribution is 2.17. The number of anilines is 1. The number of aryl methyl sites for hydroxylation is 1. The van der Waals surface area contributed by atoms with E-state index >= 15 is 0 Å². The fourth-order valence-electron chi connectivity index (χ4n) is 2.16. The fourth-order valence-corrected chi connectivity index (χ4v) is 2.16. The van der Waals surface area contributed by atoms with E-state index in [-0.39, 0.29) is 11.9 Å². The summed E-state index contributed by atoms with van der Waals surface area (Å²) in [6, 6.07) is 11.8. The minimum Gasteiger partial charge on any atom is -0.350 e. The van der Waals surface area contributed by atoms with E-state index in [0.717, 1.165) is 11.3 Å². The van der Waals surface area contributed by atoms with Crippen molar-refractivity contribution >= 4 is 11.9 Å². The van der Waals surface area contributed by atoms with E-state index in [0.29, 0.717) is 24.1 Å². The number of carbonyl (C=O) groups excluding carboxylic acids is 1. The van der Waals surface area contributed by atoms with Crippen molar-refractivity contribution in [2.75, 3.05) is 11.9 Å². The molecule has 1 aromatic heterocycles. The molecule has 122 valence electrons. The Morgan fingerprint density at radius 3 is 2.48 bits per heavy atom. The van der Waals surface area contributed by atoms with Crippen LogP contribution in [0, 0.1) is 12.8 Å². The highest BCUT2D eigenvalue weighted by Gasteiger charge is 2.12. The van der Waals surface area contributed by atoms with Gasteiger partial charge in [-0.1, -0.05) is 44.2 Å². The lowest BCUT2D eigenvalue weighted by Gasteiger charge is -2.15. The van der Waals surface area contributed by atoms with Gasteiger partial charge in [0.05, 0.1) is 6.04 Å². The molecule has 23 heavy (non-hydrogen) atoms. The number of hydrogen-bond donors (Lipinski definition) is 2. The molecule has 0 saturated carbocycles. The maximum atomic E-state index is 12.2. The minimum atomic E-state index is -0.167. The average Bonchev–Trinajstić information content (AvgIpc) is 2.52. The standard InChI is InChI=1S/C18H24N4O/c1-12(2)11-19-17(23)16-10-13(3)20-18(22-16)21-14(4)15-8-6-5-7-9-15/h5-10,12,14H,11H2,1-4H3,(H,19,23)(H,20,21,22). The van der Waals surface area contributed by atoms with E-state index in [9.17, 15) is 4.79 Å². The fraction of sp³-hybridized carbons (Fsp3) is 0.389. The van der Waals surface area contributed by atoms with Crippen molar-refractivity contribution in [3.8, 4) is 0 Å². The molecular weight excluding hydrogens is 288 g/mol. The maximum Gasteiger partial charge on any atom is 0.270 e. The van der Waals surface area contributed by atoms with Crippen LogP contribution in [0.1, 0.15) is 48.6 Å². The number of carbonyl (C=O) groups is 1. The molecule has 1 atom stereocenters. The van der Waals surface area contributed by atoms with Gasteiger partial charge in [0.25, 0.3) is 5.91 Å². The van der Waals surface area contributed by atoms with Gasteiger partial charge in [-0.3, -0.25) is 4.79 Å². The molecule has 5 heteroatoms. The predicted molar refractivity (Wildman–Crippen MR) is 92.4 cm³/mol. The quantitative estimate of drug-likeness (QED) is 0.858. The monoisotopic (exact) mass is 312 g/mol. The summed E-state index contributed by atoms with van der Waals surface area (Å²) < 4.78 is 0. The summed E-state index contributed by atoms with van der Waals surface area (Å²) >= 11 is 0. The number of hydrogen-bond acceptors (Lipinski definition) is 4. The van der Waals surface area contributed by atoms with Crippen LogP contribution in [0.3, 0.4) is 0 Å². The van der Waals surface area contributed by atoms with E-state index in [4.69, 9.17) is 0 Å². The third-order valence-electron chi connectivity index (χ3n) is 3.40. The molecule has 0 spiro atoms. The molecule has 0 bridgehead atoms. The topological polar surface area (TPSA) is 66.9 Å². The minimum absolute atomic E-state index is 0.0598. The molecule has 0 saturated heterocycles. The molecule has 1 heterocycles. The van der Waals surface area contributed by atoms with Gasteiger partial charge in [0.1, 0.15) is 5.69 Å². The zero-order chi connectivity index (χ0) is 16.8. The second kappa shape index (κ2) is 7.72. The first-order valence-corrected chi connectivity index (χ1v) is 7.91. The zero-order valence-electron chi connectivity index (χ0n) is 14.1. The molecule has 2 aromatic rings.